The molecule has 0 aliphatic heterocycles. The molecule has 3 nitrogen and oxygen atoms in total. The highest BCUT2D eigenvalue weighted by atomic mass is 16.5. The van der Waals surface area contributed by atoms with E-state index in [0.29, 0.717) is 12.8 Å². The Labute approximate surface area is 79.5 Å². The van der Waals surface area contributed by atoms with Crippen molar-refractivity contribution in [2.45, 2.75) is 33.6 Å². The number of Topliss-reactive ketones (excluding diaryl/α,β-unsaturated/α-hetero) is 1. The molecule has 0 rings (SSSR count). The summed E-state index contributed by atoms with van der Waals surface area (Å²) in [5, 5.41) is 0. The minimum absolute atomic E-state index is 0.0556. The number of carbonyl (C=O) groups is 2. The highest BCUT2D eigenvalue weighted by Gasteiger charge is 2.15. The number of rotatable bonds is 5. The molecule has 0 aliphatic rings. The first-order valence-corrected chi connectivity index (χ1v) is 4.56. The molecule has 1 atom stereocenters. The van der Waals surface area contributed by atoms with Crippen LogP contribution in [0.1, 0.15) is 33.6 Å². The fourth-order valence-corrected chi connectivity index (χ4v) is 1.02. The van der Waals surface area contributed by atoms with Gasteiger partial charge in [-0.3, -0.25) is 9.59 Å². The summed E-state index contributed by atoms with van der Waals surface area (Å²) >= 11 is 0. The summed E-state index contributed by atoms with van der Waals surface area (Å²) in [7, 11) is 1.36. The van der Waals surface area contributed by atoms with Gasteiger partial charge >= 0.3 is 5.97 Å². The molecule has 0 aliphatic carbocycles. The third kappa shape index (κ3) is 5.39. The van der Waals surface area contributed by atoms with E-state index in [4.69, 9.17) is 0 Å². The second-order valence-electron chi connectivity index (χ2n) is 3.71. The molecule has 0 saturated heterocycles. The van der Waals surface area contributed by atoms with E-state index in [-0.39, 0.29) is 23.6 Å². The van der Waals surface area contributed by atoms with Crippen LogP contribution in [0.2, 0.25) is 0 Å². The average molecular weight is 186 g/mol. The van der Waals surface area contributed by atoms with E-state index in [0.717, 1.165) is 0 Å². The summed E-state index contributed by atoms with van der Waals surface area (Å²) < 4.78 is 4.51. The molecule has 0 heterocycles. The lowest BCUT2D eigenvalue weighted by atomic mass is 9.96. The maximum atomic E-state index is 11.3. The van der Waals surface area contributed by atoms with Crippen molar-refractivity contribution in [3.8, 4) is 0 Å². The second-order valence-corrected chi connectivity index (χ2v) is 3.71. The lowest BCUT2D eigenvalue weighted by Gasteiger charge is -2.10. The van der Waals surface area contributed by atoms with E-state index in [2.05, 4.69) is 4.74 Å². The summed E-state index contributed by atoms with van der Waals surface area (Å²) in [6, 6.07) is 0. The fourth-order valence-electron chi connectivity index (χ4n) is 1.02. The molecular formula is C10H18O3. The normalized spacial score (nSPS) is 12.7. The summed E-state index contributed by atoms with van der Waals surface area (Å²) in [5.74, 6) is 0.0999. The number of ketones is 1. The van der Waals surface area contributed by atoms with Crippen LogP contribution in [0.25, 0.3) is 0 Å². The van der Waals surface area contributed by atoms with Gasteiger partial charge in [-0.1, -0.05) is 20.8 Å². The first-order chi connectivity index (χ1) is 5.97. The van der Waals surface area contributed by atoms with Gasteiger partial charge in [-0.25, -0.2) is 0 Å². The number of esters is 1. The summed E-state index contributed by atoms with van der Waals surface area (Å²) in [6.07, 6.45) is 0.793. The number of hydrogen-bond donors (Lipinski definition) is 0. The highest BCUT2D eigenvalue weighted by Crippen LogP contribution is 2.12. The molecule has 0 spiro atoms. The van der Waals surface area contributed by atoms with Gasteiger partial charge in [0.15, 0.2) is 0 Å². The zero-order valence-corrected chi connectivity index (χ0v) is 8.79. The molecule has 0 aromatic rings. The molecular weight excluding hydrogens is 168 g/mol. The maximum Gasteiger partial charge on any atom is 0.305 e. The Morgan fingerprint density at radius 2 is 1.69 bits per heavy atom. The van der Waals surface area contributed by atoms with Gasteiger partial charge in [0, 0.05) is 18.8 Å². The second kappa shape index (κ2) is 5.73. The van der Waals surface area contributed by atoms with Crippen molar-refractivity contribution in [1.29, 1.82) is 0 Å². The minimum Gasteiger partial charge on any atom is -0.469 e. The predicted molar refractivity (Wildman–Crippen MR) is 50.3 cm³/mol. The molecule has 3 heteroatoms. The van der Waals surface area contributed by atoms with Gasteiger partial charge in [0.25, 0.3) is 0 Å². The number of methoxy groups -OCH3 is 1. The van der Waals surface area contributed by atoms with Gasteiger partial charge in [-0.15, -0.1) is 0 Å². The molecule has 0 aromatic carbocycles. The average Bonchev–Trinajstić information content (AvgIpc) is 2.03. The van der Waals surface area contributed by atoms with Crippen molar-refractivity contribution in [3.05, 3.63) is 0 Å². The van der Waals surface area contributed by atoms with Gasteiger partial charge < -0.3 is 4.74 Å². The zero-order valence-electron chi connectivity index (χ0n) is 8.79. The molecule has 1 unspecified atom stereocenters. The lowest BCUT2D eigenvalue weighted by Crippen LogP contribution is -2.14. The van der Waals surface area contributed by atoms with Crippen LogP contribution in [-0.2, 0) is 14.3 Å². The van der Waals surface area contributed by atoms with E-state index >= 15 is 0 Å². The smallest absolute Gasteiger partial charge is 0.305 e. The molecule has 0 amide bonds. The third-order valence-electron chi connectivity index (χ3n) is 1.94. The first kappa shape index (κ1) is 12.1. The van der Waals surface area contributed by atoms with Crippen molar-refractivity contribution in [1.82, 2.24) is 0 Å². The van der Waals surface area contributed by atoms with Crippen molar-refractivity contribution in [2.24, 2.45) is 11.8 Å². The Morgan fingerprint density at radius 3 is 2.08 bits per heavy atom. The Kier molecular flexibility index (Phi) is 5.35. The van der Waals surface area contributed by atoms with Crippen LogP contribution in [0, 0.1) is 11.8 Å². The van der Waals surface area contributed by atoms with Gasteiger partial charge in [-0.2, -0.15) is 0 Å². The molecule has 0 N–H and O–H groups in total. The monoisotopic (exact) mass is 186 g/mol. The van der Waals surface area contributed by atoms with Gasteiger partial charge in [0.2, 0.25) is 0 Å². The number of hydrogen-bond acceptors (Lipinski definition) is 3. The fraction of sp³-hybridized carbons (Fsp3) is 0.800. The van der Waals surface area contributed by atoms with Crippen molar-refractivity contribution < 1.29 is 14.3 Å². The molecule has 0 fully saturated rings. The maximum absolute atomic E-state index is 11.3. The Bertz CT molecular complexity index is 185. The molecule has 0 bridgehead atoms. The van der Waals surface area contributed by atoms with E-state index in [1.165, 1.54) is 7.11 Å². The highest BCUT2D eigenvalue weighted by molar-refractivity contribution is 5.81. The Hall–Kier alpha value is -0.860. The summed E-state index contributed by atoms with van der Waals surface area (Å²) in [6.45, 7) is 5.62. The van der Waals surface area contributed by atoms with Crippen LogP contribution in [0.4, 0.5) is 0 Å². The van der Waals surface area contributed by atoms with E-state index in [1.807, 2.05) is 20.8 Å². The van der Waals surface area contributed by atoms with Crippen LogP contribution in [0.15, 0.2) is 0 Å². The SMILES string of the molecule is COC(=O)CC(C)CC(=O)C(C)C. The molecule has 0 saturated carbocycles. The number of carbonyl (C=O) groups excluding carboxylic acids is 2. The summed E-state index contributed by atoms with van der Waals surface area (Å²) in [5.41, 5.74) is 0. The van der Waals surface area contributed by atoms with Crippen LogP contribution >= 0.6 is 0 Å². The largest absolute Gasteiger partial charge is 0.469 e. The van der Waals surface area contributed by atoms with Crippen LogP contribution in [-0.4, -0.2) is 18.9 Å². The lowest BCUT2D eigenvalue weighted by molar-refractivity contribution is -0.141. The van der Waals surface area contributed by atoms with Gasteiger partial charge in [-0.05, 0) is 5.92 Å². The van der Waals surface area contributed by atoms with Gasteiger partial charge in [0.05, 0.1) is 7.11 Å². The Morgan fingerprint density at radius 1 is 1.15 bits per heavy atom. The van der Waals surface area contributed by atoms with Crippen LogP contribution in [0.3, 0.4) is 0 Å². The van der Waals surface area contributed by atoms with Crippen molar-refractivity contribution in [2.75, 3.05) is 7.11 Å². The van der Waals surface area contributed by atoms with Crippen LogP contribution in [0.5, 0.6) is 0 Å². The standard InChI is InChI=1S/C10H18O3/c1-7(2)9(11)5-8(3)6-10(12)13-4/h7-8H,5-6H2,1-4H3. The predicted octanol–water partition coefficient (Wildman–Crippen LogP) is 1.80. The van der Waals surface area contributed by atoms with Crippen LogP contribution < -0.4 is 0 Å². The van der Waals surface area contributed by atoms with E-state index < -0.39 is 0 Å². The molecule has 76 valence electrons. The third-order valence-corrected chi connectivity index (χ3v) is 1.94. The molecule has 13 heavy (non-hydrogen) atoms. The molecule has 0 aromatic heterocycles. The number of ether oxygens (including phenoxy) is 1. The van der Waals surface area contributed by atoms with Crippen molar-refractivity contribution >= 4 is 11.8 Å². The summed E-state index contributed by atoms with van der Waals surface area (Å²) in [4.78, 5) is 22.1. The minimum atomic E-state index is -0.246. The van der Waals surface area contributed by atoms with E-state index in [9.17, 15) is 9.59 Å². The van der Waals surface area contributed by atoms with E-state index in [1.54, 1.807) is 0 Å². The zero-order chi connectivity index (χ0) is 10.4. The Balaban J connectivity index is 3.80. The first-order valence-electron chi connectivity index (χ1n) is 4.56. The molecule has 0 radical (unpaired) electrons. The van der Waals surface area contributed by atoms with Gasteiger partial charge in [0.1, 0.15) is 5.78 Å². The quantitative estimate of drug-likeness (QED) is 0.615. The topological polar surface area (TPSA) is 43.4 Å². The van der Waals surface area contributed by atoms with Crippen molar-refractivity contribution in [3.63, 3.8) is 0 Å².